The Morgan fingerprint density at radius 3 is 2.35 bits per heavy atom. The molecule has 0 aromatic carbocycles. The minimum absolute atomic E-state index is 0.0220. The van der Waals surface area contributed by atoms with Crippen molar-refractivity contribution in [1.29, 1.82) is 0 Å². The standard InChI is InChI=1S/C20H27N3O7S/c1-12-15(19(26)28-2)17(31-16(12)20(27)29-3)21-14(24)11-22-6-8-23(9-7-22)18(25)13-5-4-10-30-13/h13H,4-11H2,1-3H3,(H,21,24). The van der Waals surface area contributed by atoms with Crippen molar-refractivity contribution in [2.45, 2.75) is 25.9 Å². The van der Waals surface area contributed by atoms with Crippen LogP contribution in [0.5, 0.6) is 0 Å². The van der Waals surface area contributed by atoms with Gasteiger partial charge in [-0.3, -0.25) is 14.5 Å². The predicted molar refractivity (Wildman–Crippen MR) is 112 cm³/mol. The number of carbonyl (C=O) groups excluding carboxylic acids is 4. The molecule has 0 radical (unpaired) electrons. The summed E-state index contributed by atoms with van der Waals surface area (Å²) in [6, 6.07) is 0. The third-order valence-corrected chi connectivity index (χ3v) is 6.60. The van der Waals surface area contributed by atoms with E-state index in [4.69, 9.17) is 14.2 Å². The number of methoxy groups -OCH3 is 2. The first-order valence-corrected chi connectivity index (χ1v) is 10.9. The zero-order chi connectivity index (χ0) is 22.5. The second kappa shape index (κ2) is 10.2. The number of hydrogen-bond acceptors (Lipinski definition) is 9. The van der Waals surface area contributed by atoms with Crippen molar-refractivity contribution < 1.29 is 33.4 Å². The van der Waals surface area contributed by atoms with Crippen molar-refractivity contribution in [1.82, 2.24) is 9.80 Å². The molecule has 1 aromatic heterocycles. The topological polar surface area (TPSA) is 114 Å². The number of anilines is 1. The van der Waals surface area contributed by atoms with E-state index in [1.165, 1.54) is 14.2 Å². The summed E-state index contributed by atoms with van der Waals surface area (Å²) < 4.78 is 15.0. The van der Waals surface area contributed by atoms with Gasteiger partial charge in [-0.1, -0.05) is 0 Å². The quantitative estimate of drug-likeness (QED) is 0.632. The molecule has 2 aliphatic rings. The van der Waals surface area contributed by atoms with Gasteiger partial charge in [0.2, 0.25) is 5.91 Å². The number of esters is 2. The number of nitrogens with one attached hydrogen (secondary N) is 1. The van der Waals surface area contributed by atoms with Crippen LogP contribution in [0.15, 0.2) is 0 Å². The second-order valence-corrected chi connectivity index (χ2v) is 8.42. The van der Waals surface area contributed by atoms with Crippen LogP contribution in [-0.2, 0) is 23.8 Å². The summed E-state index contributed by atoms with van der Waals surface area (Å²) >= 11 is 0.979. The van der Waals surface area contributed by atoms with E-state index < -0.39 is 11.9 Å². The van der Waals surface area contributed by atoms with Crippen LogP contribution >= 0.6 is 11.3 Å². The molecule has 0 spiro atoms. The van der Waals surface area contributed by atoms with Gasteiger partial charge in [-0.25, -0.2) is 9.59 Å². The Morgan fingerprint density at radius 2 is 1.77 bits per heavy atom. The fraction of sp³-hybridized carbons (Fsp3) is 0.600. The lowest BCUT2D eigenvalue weighted by Gasteiger charge is -2.35. The van der Waals surface area contributed by atoms with E-state index in [1.807, 2.05) is 4.90 Å². The molecule has 2 amide bonds. The average molecular weight is 454 g/mol. The summed E-state index contributed by atoms with van der Waals surface area (Å²) in [6.45, 7) is 4.53. The molecule has 1 atom stereocenters. The SMILES string of the molecule is COC(=O)c1sc(NC(=O)CN2CCN(C(=O)C3CCCO3)CC2)c(C(=O)OC)c1C. The van der Waals surface area contributed by atoms with Gasteiger partial charge < -0.3 is 24.4 Å². The summed E-state index contributed by atoms with van der Waals surface area (Å²) in [5.74, 6) is -1.52. The number of carbonyl (C=O) groups is 4. The minimum atomic E-state index is -0.638. The fourth-order valence-electron chi connectivity index (χ4n) is 3.71. The zero-order valence-corrected chi connectivity index (χ0v) is 18.7. The van der Waals surface area contributed by atoms with E-state index in [-0.39, 0.29) is 39.9 Å². The van der Waals surface area contributed by atoms with Gasteiger partial charge >= 0.3 is 11.9 Å². The Hall–Kier alpha value is -2.50. The number of piperazine rings is 1. The number of hydrogen-bond donors (Lipinski definition) is 1. The fourth-order valence-corrected chi connectivity index (χ4v) is 4.84. The molecule has 0 bridgehead atoms. The largest absolute Gasteiger partial charge is 0.465 e. The van der Waals surface area contributed by atoms with Crippen LogP contribution in [0.1, 0.15) is 38.4 Å². The van der Waals surface area contributed by atoms with Gasteiger partial charge in [0.25, 0.3) is 5.91 Å². The monoisotopic (exact) mass is 453 g/mol. The molecular weight excluding hydrogens is 426 g/mol. The molecule has 2 aliphatic heterocycles. The lowest BCUT2D eigenvalue weighted by atomic mass is 10.1. The van der Waals surface area contributed by atoms with Crippen molar-refractivity contribution in [2.24, 2.45) is 0 Å². The van der Waals surface area contributed by atoms with Crippen LogP contribution in [0.25, 0.3) is 0 Å². The van der Waals surface area contributed by atoms with Crippen LogP contribution in [0.4, 0.5) is 5.00 Å². The van der Waals surface area contributed by atoms with Crippen molar-refractivity contribution in [2.75, 3.05) is 58.9 Å². The van der Waals surface area contributed by atoms with Crippen molar-refractivity contribution in [3.8, 4) is 0 Å². The molecule has 0 aliphatic carbocycles. The van der Waals surface area contributed by atoms with Crippen LogP contribution in [0.3, 0.4) is 0 Å². The van der Waals surface area contributed by atoms with Crippen LogP contribution in [0.2, 0.25) is 0 Å². The van der Waals surface area contributed by atoms with Gasteiger partial charge in [-0.2, -0.15) is 0 Å². The van der Waals surface area contributed by atoms with E-state index in [0.29, 0.717) is 38.3 Å². The van der Waals surface area contributed by atoms with Gasteiger partial charge in [-0.05, 0) is 25.3 Å². The van der Waals surface area contributed by atoms with E-state index >= 15 is 0 Å². The van der Waals surface area contributed by atoms with Gasteiger partial charge in [0, 0.05) is 32.8 Å². The third kappa shape index (κ3) is 5.23. The maximum Gasteiger partial charge on any atom is 0.348 e. The number of rotatable bonds is 6. The first kappa shape index (κ1) is 23.2. The molecule has 1 N–H and O–H groups in total. The number of ether oxygens (including phenoxy) is 3. The highest BCUT2D eigenvalue weighted by Crippen LogP contribution is 2.34. The Kier molecular flexibility index (Phi) is 7.63. The third-order valence-electron chi connectivity index (χ3n) is 5.42. The molecule has 2 fully saturated rings. The Balaban J connectivity index is 1.59. The molecule has 3 rings (SSSR count). The highest BCUT2D eigenvalue weighted by Gasteiger charge is 2.31. The summed E-state index contributed by atoms with van der Waals surface area (Å²) in [4.78, 5) is 53.2. The van der Waals surface area contributed by atoms with Crippen LogP contribution in [0, 0.1) is 6.92 Å². The van der Waals surface area contributed by atoms with Gasteiger partial charge in [0.1, 0.15) is 16.0 Å². The number of amides is 2. The van der Waals surface area contributed by atoms with E-state index in [2.05, 4.69) is 5.32 Å². The molecule has 1 unspecified atom stereocenters. The second-order valence-electron chi connectivity index (χ2n) is 7.39. The zero-order valence-electron chi connectivity index (χ0n) is 17.9. The van der Waals surface area contributed by atoms with Crippen LogP contribution < -0.4 is 5.32 Å². The van der Waals surface area contributed by atoms with Gasteiger partial charge in [-0.15, -0.1) is 11.3 Å². The van der Waals surface area contributed by atoms with Crippen molar-refractivity contribution >= 4 is 40.1 Å². The normalized spacial score (nSPS) is 19.2. The lowest BCUT2D eigenvalue weighted by molar-refractivity contribution is -0.142. The summed E-state index contributed by atoms with van der Waals surface area (Å²) in [7, 11) is 2.49. The van der Waals surface area contributed by atoms with Crippen molar-refractivity contribution in [3.63, 3.8) is 0 Å². The maximum atomic E-state index is 12.6. The maximum absolute atomic E-state index is 12.6. The molecule has 0 saturated carbocycles. The van der Waals surface area contributed by atoms with E-state index in [0.717, 1.165) is 24.2 Å². The summed E-state index contributed by atoms with van der Waals surface area (Å²) in [5.41, 5.74) is 0.550. The molecule has 10 nitrogen and oxygen atoms in total. The minimum Gasteiger partial charge on any atom is -0.465 e. The highest BCUT2D eigenvalue weighted by atomic mass is 32.1. The summed E-state index contributed by atoms with van der Waals surface area (Å²) in [6.07, 6.45) is 1.33. The van der Waals surface area contributed by atoms with E-state index in [1.54, 1.807) is 11.8 Å². The molecule has 1 aromatic rings. The number of nitrogens with zero attached hydrogens (tertiary/aromatic N) is 2. The molecule has 31 heavy (non-hydrogen) atoms. The highest BCUT2D eigenvalue weighted by molar-refractivity contribution is 7.18. The summed E-state index contributed by atoms with van der Waals surface area (Å²) in [5, 5.41) is 2.97. The van der Waals surface area contributed by atoms with Gasteiger partial charge in [0.05, 0.1) is 26.3 Å². The first-order valence-electron chi connectivity index (χ1n) is 10.1. The average Bonchev–Trinajstić information content (AvgIpc) is 3.41. The Bertz CT molecular complexity index is 855. The van der Waals surface area contributed by atoms with Crippen molar-refractivity contribution in [3.05, 3.63) is 16.0 Å². The smallest absolute Gasteiger partial charge is 0.348 e. The van der Waals surface area contributed by atoms with Crippen LogP contribution in [-0.4, -0.2) is 93.2 Å². The first-order chi connectivity index (χ1) is 14.8. The van der Waals surface area contributed by atoms with Gasteiger partial charge in [0.15, 0.2) is 0 Å². The molecular formula is C20H27N3O7S. The predicted octanol–water partition coefficient (Wildman–Crippen LogP) is 0.891. The molecule has 3 heterocycles. The molecule has 2 saturated heterocycles. The van der Waals surface area contributed by atoms with E-state index in [9.17, 15) is 19.2 Å². The molecule has 170 valence electrons. The Morgan fingerprint density at radius 1 is 1.10 bits per heavy atom. The number of thiophene rings is 1. The molecule has 11 heteroatoms. The Labute approximate surface area is 184 Å². The lowest BCUT2D eigenvalue weighted by Crippen LogP contribution is -2.52.